The Morgan fingerprint density at radius 2 is 2.25 bits per heavy atom. The summed E-state index contributed by atoms with van der Waals surface area (Å²) in [5, 5.41) is 19.2. The van der Waals surface area contributed by atoms with E-state index in [1.165, 1.54) is 6.07 Å². The van der Waals surface area contributed by atoms with Crippen LogP contribution in [0.4, 0.5) is 17.3 Å². The second kappa shape index (κ2) is 5.25. The third kappa shape index (κ3) is 2.74. The zero-order valence-electron chi connectivity index (χ0n) is 10.2. The number of aromatic amines is 1. The Morgan fingerprint density at radius 3 is 2.80 bits per heavy atom. The smallest absolute Gasteiger partial charge is 0.293 e. The maximum absolute atomic E-state index is 11.9. The summed E-state index contributed by atoms with van der Waals surface area (Å²) in [6, 6.07) is 2.81. The van der Waals surface area contributed by atoms with Crippen molar-refractivity contribution in [2.45, 2.75) is 6.92 Å². The lowest BCUT2D eigenvalue weighted by Crippen LogP contribution is -2.14. The molecule has 1 aromatic carbocycles. The number of hydrogen-bond donors (Lipinski definition) is 3. The molecule has 0 aliphatic heterocycles. The molecule has 0 saturated carbocycles. The molecular formula is C10H9BrN6O3. The van der Waals surface area contributed by atoms with Gasteiger partial charge in [-0.05, 0) is 28.9 Å². The van der Waals surface area contributed by atoms with Crippen molar-refractivity contribution in [2.24, 2.45) is 0 Å². The Kier molecular flexibility index (Phi) is 3.66. The molecule has 0 bridgehead atoms. The molecule has 0 aliphatic rings. The second-order valence-corrected chi connectivity index (χ2v) is 4.73. The Hall–Kier alpha value is -2.49. The number of nitro benzene ring substituents is 1. The quantitative estimate of drug-likeness (QED) is 0.572. The van der Waals surface area contributed by atoms with Crippen LogP contribution in [0.5, 0.6) is 0 Å². The molecule has 0 saturated heterocycles. The second-order valence-electron chi connectivity index (χ2n) is 3.87. The first-order chi connectivity index (χ1) is 9.38. The van der Waals surface area contributed by atoms with Crippen LogP contribution in [-0.4, -0.2) is 26.0 Å². The van der Waals surface area contributed by atoms with Crippen molar-refractivity contribution in [2.75, 3.05) is 11.1 Å². The molecule has 9 nitrogen and oxygen atoms in total. The van der Waals surface area contributed by atoms with Crippen LogP contribution < -0.4 is 11.1 Å². The highest BCUT2D eigenvalue weighted by atomic mass is 79.9. The van der Waals surface area contributed by atoms with E-state index in [1.807, 2.05) is 0 Å². The highest BCUT2D eigenvalue weighted by molar-refractivity contribution is 9.10. The molecule has 1 aromatic heterocycles. The number of benzene rings is 1. The topological polar surface area (TPSA) is 140 Å². The van der Waals surface area contributed by atoms with Gasteiger partial charge in [0.25, 0.3) is 11.6 Å². The molecule has 1 heterocycles. The van der Waals surface area contributed by atoms with E-state index in [2.05, 4.69) is 36.4 Å². The van der Waals surface area contributed by atoms with Gasteiger partial charge in [-0.1, -0.05) is 0 Å². The van der Waals surface area contributed by atoms with Crippen molar-refractivity contribution in [1.29, 1.82) is 0 Å². The van der Waals surface area contributed by atoms with Crippen molar-refractivity contribution >= 4 is 39.2 Å². The molecular weight excluding hydrogens is 332 g/mol. The minimum absolute atomic E-state index is 0.0656. The number of hydrogen-bond acceptors (Lipinski definition) is 6. The standard InChI is InChI=1S/C10H9BrN6O3/c1-4-2-5(11)6(3-7(4)17(19)20)13-9(18)8-14-10(12)16-15-8/h2-3H,1H3,(H,13,18)(H3,12,14,15,16). The van der Waals surface area contributed by atoms with Gasteiger partial charge in [0.05, 0.1) is 10.6 Å². The Labute approximate surface area is 120 Å². The predicted molar refractivity (Wildman–Crippen MR) is 74.3 cm³/mol. The van der Waals surface area contributed by atoms with E-state index in [4.69, 9.17) is 5.73 Å². The van der Waals surface area contributed by atoms with Crippen molar-refractivity contribution < 1.29 is 9.72 Å². The number of nitro groups is 1. The summed E-state index contributed by atoms with van der Waals surface area (Å²) in [7, 11) is 0. The van der Waals surface area contributed by atoms with Crippen LogP contribution in [0.15, 0.2) is 16.6 Å². The zero-order valence-corrected chi connectivity index (χ0v) is 11.8. The van der Waals surface area contributed by atoms with Gasteiger partial charge in [-0.2, -0.15) is 4.98 Å². The fraction of sp³-hybridized carbons (Fsp3) is 0.100. The number of anilines is 2. The van der Waals surface area contributed by atoms with Crippen LogP contribution in [-0.2, 0) is 0 Å². The van der Waals surface area contributed by atoms with E-state index >= 15 is 0 Å². The van der Waals surface area contributed by atoms with Crippen LogP contribution in [0.1, 0.15) is 16.2 Å². The van der Waals surface area contributed by atoms with E-state index in [-0.39, 0.29) is 23.1 Å². The maximum atomic E-state index is 11.9. The van der Waals surface area contributed by atoms with Crippen molar-refractivity contribution in [3.63, 3.8) is 0 Å². The van der Waals surface area contributed by atoms with E-state index in [9.17, 15) is 14.9 Å². The summed E-state index contributed by atoms with van der Waals surface area (Å²) >= 11 is 3.23. The van der Waals surface area contributed by atoms with Gasteiger partial charge in [-0.25, -0.2) is 0 Å². The first-order valence-corrected chi connectivity index (χ1v) is 6.11. The monoisotopic (exact) mass is 340 g/mol. The van der Waals surface area contributed by atoms with Gasteiger partial charge < -0.3 is 11.1 Å². The normalized spacial score (nSPS) is 10.3. The SMILES string of the molecule is Cc1cc(Br)c(NC(=O)c2nc(N)n[nH]2)cc1[N+](=O)[O-]. The first-order valence-electron chi connectivity index (χ1n) is 5.32. The lowest BCUT2D eigenvalue weighted by Gasteiger charge is -2.07. The number of carbonyl (C=O) groups excluding carboxylic acids is 1. The molecule has 0 atom stereocenters. The van der Waals surface area contributed by atoms with E-state index in [1.54, 1.807) is 13.0 Å². The summed E-state index contributed by atoms with van der Waals surface area (Å²) in [6.07, 6.45) is 0. The number of amides is 1. The van der Waals surface area contributed by atoms with Crippen molar-refractivity contribution in [3.05, 3.63) is 38.1 Å². The lowest BCUT2D eigenvalue weighted by molar-refractivity contribution is -0.385. The van der Waals surface area contributed by atoms with Gasteiger partial charge in [0.1, 0.15) is 0 Å². The average molecular weight is 341 g/mol. The maximum Gasteiger partial charge on any atom is 0.293 e. The summed E-state index contributed by atoms with van der Waals surface area (Å²) in [5.41, 5.74) is 5.92. The number of nitrogens with one attached hydrogen (secondary N) is 2. The van der Waals surface area contributed by atoms with Crippen LogP contribution >= 0.6 is 15.9 Å². The lowest BCUT2D eigenvalue weighted by atomic mass is 10.2. The van der Waals surface area contributed by atoms with E-state index in [0.29, 0.717) is 10.0 Å². The molecule has 0 spiro atoms. The third-order valence-electron chi connectivity index (χ3n) is 2.45. The Balaban J connectivity index is 2.31. The summed E-state index contributed by atoms with van der Waals surface area (Å²) in [4.78, 5) is 25.9. The molecule has 104 valence electrons. The van der Waals surface area contributed by atoms with Crippen molar-refractivity contribution in [3.8, 4) is 0 Å². The molecule has 2 aromatic rings. The molecule has 0 radical (unpaired) electrons. The van der Waals surface area contributed by atoms with Gasteiger partial charge >= 0.3 is 0 Å². The van der Waals surface area contributed by atoms with Crippen LogP contribution in [0, 0.1) is 17.0 Å². The predicted octanol–water partition coefficient (Wildman–Crippen LogP) is 1.62. The van der Waals surface area contributed by atoms with Gasteiger partial charge in [0, 0.05) is 16.1 Å². The highest BCUT2D eigenvalue weighted by Gasteiger charge is 2.17. The zero-order chi connectivity index (χ0) is 14.9. The van der Waals surface area contributed by atoms with Gasteiger partial charge in [-0.3, -0.25) is 20.0 Å². The minimum atomic E-state index is -0.604. The Bertz CT molecular complexity index is 698. The van der Waals surface area contributed by atoms with E-state index in [0.717, 1.165) is 0 Å². The molecule has 10 heteroatoms. The van der Waals surface area contributed by atoms with E-state index < -0.39 is 10.8 Å². The van der Waals surface area contributed by atoms with Crippen LogP contribution in [0.25, 0.3) is 0 Å². The number of nitrogens with zero attached hydrogens (tertiary/aromatic N) is 3. The molecule has 4 N–H and O–H groups in total. The largest absolute Gasteiger partial charge is 0.366 e. The number of aromatic nitrogens is 3. The van der Waals surface area contributed by atoms with Crippen LogP contribution in [0.2, 0.25) is 0 Å². The molecule has 1 amide bonds. The summed E-state index contributed by atoms with van der Waals surface area (Å²) < 4.78 is 0.515. The number of carbonyl (C=O) groups is 1. The molecule has 0 unspecified atom stereocenters. The molecule has 20 heavy (non-hydrogen) atoms. The summed E-state index contributed by atoms with van der Waals surface area (Å²) in [5.74, 6) is -0.755. The van der Waals surface area contributed by atoms with Crippen LogP contribution in [0.3, 0.4) is 0 Å². The number of nitrogen functional groups attached to an aromatic ring is 1. The Morgan fingerprint density at radius 1 is 1.55 bits per heavy atom. The van der Waals surface area contributed by atoms with Crippen molar-refractivity contribution in [1.82, 2.24) is 15.2 Å². The average Bonchev–Trinajstić information content (AvgIpc) is 2.79. The minimum Gasteiger partial charge on any atom is -0.366 e. The fourth-order valence-corrected chi connectivity index (χ4v) is 2.07. The fourth-order valence-electron chi connectivity index (χ4n) is 1.51. The first kappa shape index (κ1) is 13.9. The number of H-pyrrole nitrogens is 1. The molecule has 0 aliphatic carbocycles. The van der Waals surface area contributed by atoms with Gasteiger partial charge in [0.2, 0.25) is 11.8 Å². The number of rotatable bonds is 3. The molecule has 2 rings (SSSR count). The number of halogens is 1. The van der Waals surface area contributed by atoms with Gasteiger partial charge in [-0.15, -0.1) is 5.10 Å². The third-order valence-corrected chi connectivity index (χ3v) is 3.10. The van der Waals surface area contributed by atoms with Gasteiger partial charge in [0.15, 0.2) is 0 Å². The molecule has 0 fully saturated rings. The highest BCUT2D eigenvalue weighted by Crippen LogP contribution is 2.30. The summed E-state index contributed by atoms with van der Waals surface area (Å²) in [6.45, 7) is 1.60. The number of nitrogens with two attached hydrogens (primary N) is 1. The number of aryl methyl sites for hydroxylation is 1.